The topological polar surface area (TPSA) is 17.1 Å². The molecule has 7 rings (SSSR count). The number of rotatable bonds is 0. The Morgan fingerprint density at radius 2 is 0.688 bits per heavy atom. The molecule has 0 atom stereocenters. The minimum Gasteiger partial charge on any atom is -0.279 e. The summed E-state index contributed by atoms with van der Waals surface area (Å²) in [5, 5.41) is 0. The Hall–Kier alpha value is 0.100. The molecule has 7 aliphatic carbocycles. The summed E-state index contributed by atoms with van der Waals surface area (Å²) >= 11 is 0. The average molecular weight is 236 g/mol. The molecule has 0 aromatic carbocycles. The Kier molecular flexibility index (Phi) is 2.08. The van der Waals surface area contributed by atoms with Crippen LogP contribution in [0, 0.1) is 47.3 Å². The van der Waals surface area contributed by atoms with E-state index in [0.717, 1.165) is 0 Å². The van der Waals surface area contributed by atoms with Gasteiger partial charge in [0.25, 0.3) is 0 Å². The molecule has 0 aliphatic heterocycles. The predicted molar refractivity (Wildman–Crippen MR) is 64.6 cm³/mol. The molecule has 0 aromatic rings. The van der Waals surface area contributed by atoms with Crippen molar-refractivity contribution in [1.82, 2.24) is 0 Å². The van der Waals surface area contributed by atoms with E-state index in [0.29, 0.717) is 0 Å². The maximum absolute atomic E-state index is 8.06. The second kappa shape index (κ2) is 3.31. The molecular weight excluding hydrogens is 215 g/mol. The molecule has 1 nitrogen and oxygen atoms in total. The largest absolute Gasteiger partial charge is 0.279 e. The van der Waals surface area contributed by atoms with Gasteiger partial charge in [-0.15, -0.1) is 0 Å². The van der Waals surface area contributed by atoms with Crippen LogP contribution in [0.2, 0.25) is 0 Å². The standard InChI is InChI=1S/C14H20.HOP/c1-7-2-12-10-4-8-5-11(9(1)10)13(3-7)14(12)6-8;1-2/h7-14H,1-6H2;2H. The zero-order valence-electron chi connectivity index (χ0n) is 9.77. The van der Waals surface area contributed by atoms with Gasteiger partial charge in [-0.1, -0.05) is 0 Å². The summed E-state index contributed by atoms with van der Waals surface area (Å²) in [5.41, 5.74) is 0. The van der Waals surface area contributed by atoms with E-state index in [1.807, 2.05) is 0 Å². The zero-order valence-corrected chi connectivity index (χ0v) is 10.8. The lowest BCUT2D eigenvalue weighted by molar-refractivity contribution is -0.202. The van der Waals surface area contributed by atoms with Crippen LogP contribution >= 0.6 is 9.12 Å². The van der Waals surface area contributed by atoms with Gasteiger partial charge in [0.1, 0.15) is 9.12 Å². The van der Waals surface area contributed by atoms with Crippen molar-refractivity contribution in [3.05, 3.63) is 0 Å². The van der Waals surface area contributed by atoms with E-state index in [4.69, 9.17) is 4.57 Å². The molecule has 0 saturated heterocycles. The van der Waals surface area contributed by atoms with E-state index in [9.17, 15) is 0 Å². The maximum atomic E-state index is 8.06. The van der Waals surface area contributed by atoms with E-state index in [1.54, 1.807) is 47.6 Å². The van der Waals surface area contributed by atoms with Crippen LogP contribution in [0.5, 0.6) is 0 Å². The molecule has 7 aliphatic rings. The molecule has 88 valence electrons. The Morgan fingerprint density at radius 3 is 0.875 bits per heavy atom. The molecule has 0 heterocycles. The van der Waals surface area contributed by atoms with Crippen molar-refractivity contribution in [3.8, 4) is 0 Å². The smallest absolute Gasteiger partial charge is 0.138 e. The van der Waals surface area contributed by atoms with Crippen molar-refractivity contribution < 1.29 is 4.57 Å². The third-order valence-electron chi connectivity index (χ3n) is 6.93. The van der Waals surface area contributed by atoms with Crippen LogP contribution in [0.3, 0.4) is 0 Å². The Bertz CT molecular complexity index is 228. The zero-order chi connectivity index (χ0) is 10.9. The van der Waals surface area contributed by atoms with Crippen LogP contribution in [-0.2, 0) is 4.57 Å². The number of hydrogen-bond acceptors (Lipinski definition) is 1. The molecule has 16 heavy (non-hydrogen) atoms. The Balaban J connectivity index is 0.000000345. The molecule has 7 fully saturated rings. The van der Waals surface area contributed by atoms with Crippen molar-refractivity contribution in [1.29, 1.82) is 0 Å². The van der Waals surface area contributed by atoms with Crippen LogP contribution in [0.25, 0.3) is 0 Å². The lowest BCUT2D eigenvalue weighted by Gasteiger charge is -2.69. The van der Waals surface area contributed by atoms with Crippen LogP contribution in [0.15, 0.2) is 0 Å². The van der Waals surface area contributed by atoms with Gasteiger partial charge < -0.3 is 0 Å². The summed E-state index contributed by atoms with van der Waals surface area (Å²) in [6, 6.07) is 0. The molecule has 0 spiro atoms. The SMILES string of the molecule is C1C2CC3C4CC5CC(C14)C(C2)C3C5.O=P. The summed E-state index contributed by atoms with van der Waals surface area (Å²) in [6.07, 6.45) is 9.93. The Morgan fingerprint density at radius 1 is 0.500 bits per heavy atom. The van der Waals surface area contributed by atoms with Gasteiger partial charge >= 0.3 is 0 Å². The highest BCUT2D eigenvalue weighted by molar-refractivity contribution is 7.00. The van der Waals surface area contributed by atoms with Gasteiger partial charge in [-0.2, -0.15) is 0 Å². The second-order valence-electron chi connectivity index (χ2n) is 7.13. The van der Waals surface area contributed by atoms with E-state index >= 15 is 0 Å². The van der Waals surface area contributed by atoms with Gasteiger partial charge in [0.05, 0.1) is 0 Å². The van der Waals surface area contributed by atoms with Crippen LogP contribution in [-0.4, -0.2) is 0 Å². The summed E-state index contributed by atoms with van der Waals surface area (Å²) in [5.74, 6) is 9.74. The molecule has 0 radical (unpaired) electrons. The predicted octanol–water partition coefficient (Wildman–Crippen LogP) is 3.80. The average Bonchev–Trinajstić information content (AvgIpc) is 2.37. The van der Waals surface area contributed by atoms with Gasteiger partial charge in [0, 0.05) is 0 Å². The highest BCUT2D eigenvalue weighted by Gasteiger charge is 2.63. The van der Waals surface area contributed by atoms with Gasteiger partial charge in [-0.05, 0) is 85.9 Å². The van der Waals surface area contributed by atoms with Crippen LogP contribution in [0.1, 0.15) is 38.5 Å². The van der Waals surface area contributed by atoms with Crippen molar-refractivity contribution >= 4 is 9.12 Å². The van der Waals surface area contributed by atoms with E-state index in [1.165, 1.54) is 47.3 Å². The van der Waals surface area contributed by atoms with Gasteiger partial charge in [0.15, 0.2) is 0 Å². The van der Waals surface area contributed by atoms with E-state index in [-0.39, 0.29) is 0 Å². The first-order valence-electron chi connectivity index (χ1n) is 7.10. The highest BCUT2D eigenvalue weighted by Crippen LogP contribution is 2.71. The van der Waals surface area contributed by atoms with E-state index in [2.05, 4.69) is 0 Å². The summed E-state index contributed by atoms with van der Waals surface area (Å²) < 4.78 is 8.06. The molecule has 2 heteroatoms. The molecule has 0 aromatic heterocycles. The van der Waals surface area contributed by atoms with Gasteiger partial charge in [0.2, 0.25) is 0 Å². The molecule has 7 saturated carbocycles. The van der Waals surface area contributed by atoms with E-state index < -0.39 is 0 Å². The summed E-state index contributed by atoms with van der Waals surface area (Å²) in [7, 11) is 1.72. The first-order valence-corrected chi connectivity index (χ1v) is 7.51. The first-order chi connectivity index (χ1) is 7.90. The second-order valence-corrected chi connectivity index (χ2v) is 7.13. The monoisotopic (exact) mass is 236 g/mol. The fourth-order valence-corrected chi connectivity index (χ4v) is 6.89. The highest BCUT2D eigenvalue weighted by atomic mass is 31.0. The maximum Gasteiger partial charge on any atom is 0.138 e. The fraction of sp³-hybridized carbons (Fsp3) is 1.00. The van der Waals surface area contributed by atoms with Crippen molar-refractivity contribution in [2.45, 2.75) is 38.5 Å². The van der Waals surface area contributed by atoms with Gasteiger partial charge in [-0.3, -0.25) is 4.57 Å². The summed E-state index contributed by atoms with van der Waals surface area (Å²) in [4.78, 5) is 0. The van der Waals surface area contributed by atoms with Crippen molar-refractivity contribution in [2.75, 3.05) is 0 Å². The van der Waals surface area contributed by atoms with Crippen molar-refractivity contribution in [3.63, 3.8) is 0 Å². The summed E-state index contributed by atoms with van der Waals surface area (Å²) in [6.45, 7) is 0. The lowest BCUT2D eigenvalue weighted by Crippen LogP contribution is -2.62. The molecule has 0 amide bonds. The number of hydrogen-bond donors (Lipinski definition) is 0. The molecular formula is C14H21OP. The Labute approximate surface area is 100.0 Å². The first kappa shape index (κ1) is 10.1. The quantitative estimate of drug-likeness (QED) is 0.585. The van der Waals surface area contributed by atoms with Crippen LogP contribution < -0.4 is 0 Å². The molecule has 0 unspecified atom stereocenters. The normalized spacial score (nSPS) is 63.2. The third kappa shape index (κ3) is 1.05. The lowest BCUT2D eigenvalue weighted by atomic mass is 9.36. The third-order valence-corrected chi connectivity index (χ3v) is 6.93. The van der Waals surface area contributed by atoms with Gasteiger partial charge in [-0.25, -0.2) is 0 Å². The molecule has 8 bridgehead atoms. The van der Waals surface area contributed by atoms with Crippen molar-refractivity contribution in [2.24, 2.45) is 47.3 Å². The van der Waals surface area contributed by atoms with Crippen LogP contribution in [0.4, 0.5) is 0 Å². The molecule has 0 N–H and O–H groups in total. The fourth-order valence-electron chi connectivity index (χ4n) is 6.89. The minimum absolute atomic E-state index is 1.19. The minimum atomic E-state index is 1.19.